The topological polar surface area (TPSA) is 61.8 Å². The summed E-state index contributed by atoms with van der Waals surface area (Å²) in [4.78, 5) is 13.6. The van der Waals surface area contributed by atoms with Gasteiger partial charge in [0.05, 0.1) is 6.10 Å². The summed E-state index contributed by atoms with van der Waals surface area (Å²) >= 11 is 0. The molecule has 0 bridgehead atoms. The zero-order valence-corrected chi connectivity index (χ0v) is 14.4. The fourth-order valence-corrected chi connectivity index (χ4v) is 2.61. The number of nitrogens with zero attached hydrogens (tertiary/aromatic N) is 1. The number of para-hydroxylation sites is 1. The van der Waals surface area contributed by atoms with Gasteiger partial charge in [0.25, 0.3) is 0 Å². The van der Waals surface area contributed by atoms with Crippen LogP contribution in [0.3, 0.4) is 0 Å². The number of ether oxygens (including phenoxy) is 1. The molecule has 1 aliphatic carbocycles. The van der Waals surface area contributed by atoms with Crippen LogP contribution in [0.2, 0.25) is 0 Å². The van der Waals surface area contributed by atoms with Crippen LogP contribution in [0.5, 0.6) is 11.5 Å². The van der Waals surface area contributed by atoms with Crippen LogP contribution < -0.4 is 10.1 Å². The van der Waals surface area contributed by atoms with E-state index < -0.39 is 6.10 Å². The second kappa shape index (κ2) is 8.03. The molecule has 0 spiro atoms. The Labute approximate surface area is 148 Å². The van der Waals surface area contributed by atoms with E-state index in [1.54, 1.807) is 7.05 Å². The molecule has 1 unspecified atom stereocenters. The van der Waals surface area contributed by atoms with Crippen LogP contribution >= 0.6 is 0 Å². The number of rotatable bonds is 7. The fourth-order valence-electron chi connectivity index (χ4n) is 2.61. The zero-order valence-electron chi connectivity index (χ0n) is 14.4. The van der Waals surface area contributed by atoms with Crippen LogP contribution in [0, 0.1) is 5.92 Å². The van der Waals surface area contributed by atoms with Gasteiger partial charge in [0.1, 0.15) is 11.5 Å². The first-order chi connectivity index (χ1) is 12.1. The normalized spacial score (nSPS) is 14.6. The SMILES string of the molecule is CN(CC(O)C1CC1)C(=O)NCc1ccc(Oc2ccccc2)cc1. The highest BCUT2D eigenvalue weighted by Crippen LogP contribution is 2.32. The molecule has 0 heterocycles. The first-order valence-electron chi connectivity index (χ1n) is 8.60. The predicted octanol–water partition coefficient (Wildman–Crippen LogP) is 3.39. The Morgan fingerprint density at radius 2 is 1.80 bits per heavy atom. The molecule has 3 rings (SSSR count). The van der Waals surface area contributed by atoms with Gasteiger partial charge in [-0.1, -0.05) is 30.3 Å². The highest BCUT2D eigenvalue weighted by Gasteiger charge is 2.31. The summed E-state index contributed by atoms with van der Waals surface area (Å²) < 4.78 is 5.75. The second-order valence-corrected chi connectivity index (χ2v) is 6.50. The van der Waals surface area contributed by atoms with Gasteiger partial charge in [0.2, 0.25) is 0 Å². The molecule has 1 fully saturated rings. The minimum absolute atomic E-state index is 0.177. The van der Waals surface area contributed by atoms with Crippen molar-refractivity contribution in [3.05, 3.63) is 60.2 Å². The summed E-state index contributed by atoms with van der Waals surface area (Å²) in [6.45, 7) is 0.814. The summed E-state index contributed by atoms with van der Waals surface area (Å²) in [6.07, 6.45) is 1.72. The van der Waals surface area contributed by atoms with Gasteiger partial charge < -0.3 is 20.1 Å². The molecule has 5 heteroatoms. The largest absolute Gasteiger partial charge is 0.457 e. The number of nitrogens with one attached hydrogen (secondary N) is 1. The van der Waals surface area contributed by atoms with Gasteiger partial charge in [-0.2, -0.15) is 0 Å². The van der Waals surface area contributed by atoms with Crippen molar-refractivity contribution in [1.29, 1.82) is 0 Å². The van der Waals surface area contributed by atoms with E-state index in [0.717, 1.165) is 29.9 Å². The lowest BCUT2D eigenvalue weighted by atomic mass is 10.2. The molecule has 2 amide bonds. The average Bonchev–Trinajstić information content (AvgIpc) is 3.47. The molecule has 0 aromatic heterocycles. The van der Waals surface area contributed by atoms with Crippen LogP contribution in [0.25, 0.3) is 0 Å². The monoisotopic (exact) mass is 340 g/mol. The highest BCUT2D eigenvalue weighted by atomic mass is 16.5. The minimum Gasteiger partial charge on any atom is -0.457 e. The van der Waals surface area contributed by atoms with E-state index in [1.165, 1.54) is 4.90 Å². The van der Waals surface area contributed by atoms with Gasteiger partial charge >= 0.3 is 6.03 Å². The summed E-state index contributed by atoms with van der Waals surface area (Å²) in [6, 6.07) is 17.1. The fraction of sp³-hybridized carbons (Fsp3) is 0.350. The number of amides is 2. The summed E-state index contributed by atoms with van der Waals surface area (Å²) in [7, 11) is 1.71. The first-order valence-corrected chi connectivity index (χ1v) is 8.60. The molecule has 2 aromatic carbocycles. The van der Waals surface area contributed by atoms with Crippen LogP contribution in [0.15, 0.2) is 54.6 Å². The lowest BCUT2D eigenvalue weighted by molar-refractivity contribution is 0.113. The van der Waals surface area contributed by atoms with E-state index in [-0.39, 0.29) is 6.03 Å². The van der Waals surface area contributed by atoms with Gasteiger partial charge in [-0.05, 0) is 48.6 Å². The average molecular weight is 340 g/mol. The van der Waals surface area contributed by atoms with E-state index >= 15 is 0 Å². The van der Waals surface area contributed by atoms with Gasteiger partial charge in [-0.3, -0.25) is 0 Å². The molecule has 0 radical (unpaired) electrons. The number of carbonyl (C=O) groups excluding carboxylic acids is 1. The minimum atomic E-state index is -0.412. The van der Waals surface area contributed by atoms with Crippen LogP contribution in [0.1, 0.15) is 18.4 Å². The molecule has 2 N–H and O–H groups in total. The molecule has 132 valence electrons. The Hall–Kier alpha value is -2.53. The molecule has 1 aliphatic rings. The predicted molar refractivity (Wildman–Crippen MR) is 96.6 cm³/mol. The molecule has 1 atom stereocenters. The Bertz CT molecular complexity index is 684. The van der Waals surface area contributed by atoms with Crippen LogP contribution in [-0.4, -0.2) is 35.7 Å². The molecule has 1 saturated carbocycles. The van der Waals surface area contributed by atoms with Crippen molar-refractivity contribution in [3.63, 3.8) is 0 Å². The lowest BCUT2D eigenvalue weighted by Crippen LogP contribution is -2.41. The number of aliphatic hydroxyl groups is 1. The van der Waals surface area contributed by atoms with Crippen molar-refractivity contribution in [3.8, 4) is 11.5 Å². The molecule has 0 aliphatic heterocycles. The number of likely N-dealkylation sites (N-methyl/N-ethyl adjacent to an activating group) is 1. The Kier molecular flexibility index (Phi) is 5.56. The lowest BCUT2D eigenvalue weighted by Gasteiger charge is -2.21. The second-order valence-electron chi connectivity index (χ2n) is 6.50. The van der Waals surface area contributed by atoms with E-state index in [1.807, 2.05) is 54.6 Å². The van der Waals surface area contributed by atoms with E-state index in [9.17, 15) is 9.90 Å². The van der Waals surface area contributed by atoms with Crippen LogP contribution in [0.4, 0.5) is 4.79 Å². The van der Waals surface area contributed by atoms with Gasteiger partial charge in [0, 0.05) is 20.1 Å². The Morgan fingerprint density at radius 3 is 2.44 bits per heavy atom. The maximum atomic E-state index is 12.1. The molecule has 0 saturated heterocycles. The molecule has 5 nitrogen and oxygen atoms in total. The first kappa shape index (κ1) is 17.3. The van der Waals surface area contributed by atoms with E-state index in [4.69, 9.17) is 4.74 Å². The summed E-state index contributed by atoms with van der Waals surface area (Å²) in [5, 5.41) is 12.8. The van der Waals surface area contributed by atoms with Crippen molar-refractivity contribution < 1.29 is 14.6 Å². The van der Waals surface area contributed by atoms with E-state index in [0.29, 0.717) is 19.0 Å². The third-order valence-corrected chi connectivity index (χ3v) is 4.32. The van der Waals surface area contributed by atoms with Crippen molar-refractivity contribution in [2.75, 3.05) is 13.6 Å². The zero-order chi connectivity index (χ0) is 17.6. The molecule has 2 aromatic rings. The van der Waals surface area contributed by atoms with Crippen molar-refractivity contribution in [1.82, 2.24) is 10.2 Å². The Morgan fingerprint density at radius 1 is 1.16 bits per heavy atom. The number of aliphatic hydroxyl groups excluding tert-OH is 1. The third-order valence-electron chi connectivity index (χ3n) is 4.32. The third kappa shape index (κ3) is 5.22. The van der Waals surface area contributed by atoms with Crippen LogP contribution in [-0.2, 0) is 6.54 Å². The molecular weight excluding hydrogens is 316 g/mol. The highest BCUT2D eigenvalue weighted by molar-refractivity contribution is 5.73. The number of carbonyl (C=O) groups is 1. The summed E-state index contributed by atoms with van der Waals surface area (Å²) in [5.41, 5.74) is 0.991. The maximum Gasteiger partial charge on any atom is 0.317 e. The number of urea groups is 1. The van der Waals surface area contributed by atoms with Gasteiger partial charge in [0.15, 0.2) is 0 Å². The quantitative estimate of drug-likeness (QED) is 0.812. The van der Waals surface area contributed by atoms with Crippen molar-refractivity contribution in [2.24, 2.45) is 5.92 Å². The van der Waals surface area contributed by atoms with Gasteiger partial charge in [-0.15, -0.1) is 0 Å². The summed E-state index contributed by atoms with van der Waals surface area (Å²) in [5.74, 6) is 1.91. The Balaban J connectivity index is 1.45. The smallest absolute Gasteiger partial charge is 0.317 e. The maximum absolute atomic E-state index is 12.1. The molecular formula is C20H24N2O3. The number of hydrogen-bond acceptors (Lipinski definition) is 3. The van der Waals surface area contributed by atoms with Gasteiger partial charge in [-0.25, -0.2) is 4.79 Å². The van der Waals surface area contributed by atoms with E-state index in [2.05, 4.69) is 5.32 Å². The number of hydrogen-bond donors (Lipinski definition) is 2. The molecule has 25 heavy (non-hydrogen) atoms. The van der Waals surface area contributed by atoms with Crippen molar-refractivity contribution in [2.45, 2.75) is 25.5 Å². The standard InChI is InChI=1S/C20H24N2O3/c1-22(14-19(23)16-9-10-16)20(24)21-13-15-7-11-18(12-8-15)25-17-5-3-2-4-6-17/h2-8,11-12,16,19,23H,9-10,13-14H2,1H3,(H,21,24). The van der Waals surface area contributed by atoms with Crippen molar-refractivity contribution >= 4 is 6.03 Å². The number of benzene rings is 2.